The summed E-state index contributed by atoms with van der Waals surface area (Å²) in [5, 5.41) is 3.68. The minimum absolute atomic E-state index is 0.151. The van der Waals surface area contributed by atoms with Crippen LogP contribution in [0.3, 0.4) is 0 Å². The van der Waals surface area contributed by atoms with Crippen LogP contribution in [0.25, 0.3) is 0 Å². The van der Waals surface area contributed by atoms with Crippen molar-refractivity contribution in [1.82, 2.24) is 10.3 Å². The smallest absolute Gasteiger partial charge is 0.264 e. The number of thioether (sulfide) groups is 1. The molecule has 1 amide bonds. The Balaban J connectivity index is 1.72. The number of rotatable bonds is 9. The molecule has 3 aromatic rings. The molecule has 31 heavy (non-hydrogen) atoms. The van der Waals surface area contributed by atoms with E-state index in [0.29, 0.717) is 18.0 Å². The molecule has 1 N–H and O–H groups in total. The van der Waals surface area contributed by atoms with Gasteiger partial charge in [-0.3, -0.25) is 9.10 Å². The molecule has 0 unspecified atom stereocenters. The molecule has 0 fully saturated rings. The molecule has 0 aliphatic rings. The van der Waals surface area contributed by atoms with E-state index in [1.54, 1.807) is 48.7 Å². The van der Waals surface area contributed by atoms with Crippen LogP contribution in [0.4, 0.5) is 5.69 Å². The summed E-state index contributed by atoms with van der Waals surface area (Å²) in [7, 11) is -3.90. The quantitative estimate of drug-likeness (QED) is 0.392. The maximum absolute atomic E-state index is 13.3. The van der Waals surface area contributed by atoms with Crippen molar-refractivity contribution in [3.05, 3.63) is 84.1 Å². The van der Waals surface area contributed by atoms with Gasteiger partial charge in [-0.1, -0.05) is 35.9 Å². The van der Waals surface area contributed by atoms with Gasteiger partial charge in [-0.2, -0.15) is 0 Å². The van der Waals surface area contributed by atoms with Crippen LogP contribution in [0.2, 0.25) is 0 Å². The van der Waals surface area contributed by atoms with Crippen molar-refractivity contribution in [2.45, 2.75) is 23.8 Å². The van der Waals surface area contributed by atoms with Crippen LogP contribution < -0.4 is 9.62 Å². The lowest BCUT2D eigenvalue weighted by Crippen LogP contribution is -2.41. The Hall–Kier alpha value is -2.84. The molecule has 0 aliphatic heterocycles. The highest BCUT2D eigenvalue weighted by molar-refractivity contribution is 7.99. The van der Waals surface area contributed by atoms with Crippen LogP contribution in [-0.2, 0) is 14.8 Å². The Bertz CT molecular complexity index is 1120. The van der Waals surface area contributed by atoms with Gasteiger partial charge in [0.05, 0.1) is 15.6 Å². The average molecular weight is 456 g/mol. The third kappa shape index (κ3) is 6.32. The van der Waals surface area contributed by atoms with Gasteiger partial charge in [0.25, 0.3) is 10.0 Å². The van der Waals surface area contributed by atoms with Gasteiger partial charge in [0.2, 0.25) is 5.91 Å². The molecule has 0 aliphatic carbocycles. The van der Waals surface area contributed by atoms with Crippen LogP contribution in [0.1, 0.15) is 11.1 Å². The maximum atomic E-state index is 13.3. The molecule has 0 saturated carbocycles. The van der Waals surface area contributed by atoms with Gasteiger partial charge in [-0.05, 0) is 55.8 Å². The summed E-state index contributed by atoms with van der Waals surface area (Å²) in [4.78, 5) is 17.0. The zero-order valence-corrected chi connectivity index (χ0v) is 19.1. The average Bonchev–Trinajstić information content (AvgIpc) is 2.76. The van der Waals surface area contributed by atoms with E-state index < -0.39 is 10.0 Å². The number of nitrogens with zero attached hydrogens (tertiary/aromatic N) is 2. The number of hydrogen-bond acceptors (Lipinski definition) is 5. The van der Waals surface area contributed by atoms with Gasteiger partial charge in [-0.25, -0.2) is 13.4 Å². The number of sulfonamides is 1. The molecule has 0 radical (unpaired) electrons. The lowest BCUT2D eigenvalue weighted by atomic mass is 10.2. The van der Waals surface area contributed by atoms with E-state index in [9.17, 15) is 13.2 Å². The highest BCUT2D eigenvalue weighted by atomic mass is 32.2. The molecule has 8 heteroatoms. The van der Waals surface area contributed by atoms with Gasteiger partial charge in [-0.15, -0.1) is 11.8 Å². The second kappa shape index (κ2) is 10.5. The first-order valence-electron chi connectivity index (χ1n) is 9.83. The first kappa shape index (κ1) is 22.8. The third-order valence-electron chi connectivity index (χ3n) is 4.50. The summed E-state index contributed by atoms with van der Waals surface area (Å²) in [5.74, 6) is 0.275. The number of carbonyl (C=O) groups excluding carboxylic acids is 1. The highest BCUT2D eigenvalue weighted by Gasteiger charge is 2.27. The number of aromatic nitrogens is 1. The summed E-state index contributed by atoms with van der Waals surface area (Å²) >= 11 is 1.53. The third-order valence-corrected chi connectivity index (χ3v) is 7.23. The van der Waals surface area contributed by atoms with Crippen molar-refractivity contribution in [2.75, 3.05) is 23.1 Å². The van der Waals surface area contributed by atoms with Crippen molar-refractivity contribution in [3.63, 3.8) is 0 Å². The van der Waals surface area contributed by atoms with Crippen LogP contribution in [0, 0.1) is 13.8 Å². The predicted molar refractivity (Wildman–Crippen MR) is 125 cm³/mol. The summed E-state index contributed by atoms with van der Waals surface area (Å²) in [6, 6.07) is 19.4. The predicted octanol–water partition coefficient (Wildman–Crippen LogP) is 3.80. The number of aryl methyl sites for hydroxylation is 2. The Kier molecular flexibility index (Phi) is 7.70. The van der Waals surface area contributed by atoms with Gasteiger partial charge in [0.1, 0.15) is 6.54 Å². The van der Waals surface area contributed by atoms with Crippen molar-refractivity contribution in [2.24, 2.45) is 0 Å². The normalized spacial score (nSPS) is 11.2. The zero-order valence-electron chi connectivity index (χ0n) is 17.5. The Morgan fingerprint density at radius 2 is 1.77 bits per heavy atom. The standard InChI is InChI=1S/C23H25N3O3S2/c1-18-9-11-21(12-10-18)31(28,29)26(20-7-5-6-19(2)16-20)17-22(27)24-14-15-30-23-8-3-4-13-25-23/h3-13,16H,14-15,17H2,1-2H3,(H,24,27). The lowest BCUT2D eigenvalue weighted by molar-refractivity contribution is -0.119. The van der Waals surface area contributed by atoms with E-state index in [1.807, 2.05) is 38.1 Å². The van der Waals surface area contributed by atoms with E-state index in [-0.39, 0.29) is 17.3 Å². The van der Waals surface area contributed by atoms with Gasteiger partial charge >= 0.3 is 0 Å². The van der Waals surface area contributed by atoms with Gasteiger partial charge < -0.3 is 5.32 Å². The van der Waals surface area contributed by atoms with Crippen LogP contribution in [-0.4, -0.2) is 38.2 Å². The van der Waals surface area contributed by atoms with Crippen molar-refractivity contribution in [3.8, 4) is 0 Å². The van der Waals surface area contributed by atoms with E-state index in [1.165, 1.54) is 11.8 Å². The van der Waals surface area contributed by atoms with E-state index in [4.69, 9.17) is 0 Å². The number of benzene rings is 2. The topological polar surface area (TPSA) is 79.4 Å². The number of hydrogen-bond donors (Lipinski definition) is 1. The highest BCUT2D eigenvalue weighted by Crippen LogP contribution is 2.24. The van der Waals surface area contributed by atoms with Crippen molar-refractivity contribution in [1.29, 1.82) is 0 Å². The Morgan fingerprint density at radius 3 is 2.45 bits per heavy atom. The van der Waals surface area contributed by atoms with Gasteiger partial charge in [0.15, 0.2) is 0 Å². The molecule has 1 aromatic heterocycles. The summed E-state index contributed by atoms with van der Waals surface area (Å²) in [5.41, 5.74) is 2.33. The molecule has 162 valence electrons. The molecular weight excluding hydrogens is 430 g/mol. The first-order chi connectivity index (χ1) is 14.9. The fraction of sp³-hybridized carbons (Fsp3) is 0.217. The summed E-state index contributed by atoms with van der Waals surface area (Å²) < 4.78 is 27.8. The van der Waals surface area contributed by atoms with E-state index >= 15 is 0 Å². The van der Waals surface area contributed by atoms with Crippen molar-refractivity contribution >= 4 is 33.4 Å². The molecule has 0 atom stereocenters. The van der Waals surface area contributed by atoms with Crippen LogP contribution in [0.15, 0.2) is 82.8 Å². The number of carbonyl (C=O) groups is 1. The Labute approximate surface area is 187 Å². The minimum atomic E-state index is -3.90. The molecule has 1 heterocycles. The van der Waals surface area contributed by atoms with E-state index in [0.717, 1.165) is 20.5 Å². The second-order valence-corrected chi connectivity index (χ2v) is 10.0. The SMILES string of the molecule is Cc1ccc(S(=O)(=O)N(CC(=O)NCCSc2ccccn2)c2cccc(C)c2)cc1. The first-order valence-corrected chi connectivity index (χ1v) is 12.3. The van der Waals surface area contributed by atoms with Crippen molar-refractivity contribution < 1.29 is 13.2 Å². The van der Waals surface area contributed by atoms with Crippen LogP contribution >= 0.6 is 11.8 Å². The minimum Gasteiger partial charge on any atom is -0.354 e. The molecule has 6 nitrogen and oxygen atoms in total. The largest absolute Gasteiger partial charge is 0.354 e. The molecule has 0 saturated heterocycles. The molecule has 3 rings (SSSR count). The maximum Gasteiger partial charge on any atom is 0.264 e. The van der Waals surface area contributed by atoms with E-state index in [2.05, 4.69) is 10.3 Å². The Morgan fingerprint density at radius 1 is 1.00 bits per heavy atom. The van der Waals surface area contributed by atoms with Crippen LogP contribution in [0.5, 0.6) is 0 Å². The number of anilines is 1. The summed E-state index contributed by atoms with van der Waals surface area (Å²) in [6.45, 7) is 3.89. The molecular formula is C23H25N3O3S2. The molecule has 0 bridgehead atoms. The van der Waals surface area contributed by atoms with Gasteiger partial charge in [0, 0.05) is 18.5 Å². The summed E-state index contributed by atoms with van der Waals surface area (Å²) in [6.07, 6.45) is 1.72. The zero-order chi connectivity index (χ0) is 22.3. The number of amides is 1. The number of nitrogens with one attached hydrogen (secondary N) is 1. The fourth-order valence-corrected chi connectivity index (χ4v) is 5.04. The second-order valence-electron chi connectivity index (χ2n) is 7.03. The number of pyridine rings is 1. The lowest BCUT2D eigenvalue weighted by Gasteiger charge is -2.24. The molecule has 2 aromatic carbocycles. The molecule has 0 spiro atoms. The monoisotopic (exact) mass is 455 g/mol. The fourth-order valence-electron chi connectivity index (χ4n) is 2.90.